The molecule has 0 saturated carbocycles. The van der Waals surface area contributed by atoms with Crippen LogP contribution in [0.25, 0.3) is 0 Å². The highest BCUT2D eigenvalue weighted by atomic mass is 16.1. The lowest BCUT2D eigenvalue weighted by Crippen LogP contribution is -2.29. The van der Waals surface area contributed by atoms with Crippen LogP contribution in [0.5, 0.6) is 0 Å². The summed E-state index contributed by atoms with van der Waals surface area (Å²) in [4.78, 5) is 11.0. The number of carbonyl (C=O) groups excluding carboxylic acids is 1. The summed E-state index contributed by atoms with van der Waals surface area (Å²) in [5, 5.41) is 11.1. The minimum Gasteiger partial charge on any atom is -0.355 e. The van der Waals surface area contributed by atoms with Gasteiger partial charge in [-0.05, 0) is 13.3 Å². The smallest absolute Gasteiger partial charge is 0.237 e. The summed E-state index contributed by atoms with van der Waals surface area (Å²) in [6, 6.07) is 1.89. The summed E-state index contributed by atoms with van der Waals surface area (Å²) in [7, 11) is 0. The Balaban J connectivity index is 3.39. The lowest BCUT2D eigenvalue weighted by Gasteiger charge is -2.04. The summed E-state index contributed by atoms with van der Waals surface area (Å²) in [5.74, 6) is -0.680. The number of hydrogen-bond donors (Lipinski definition) is 1. The van der Waals surface area contributed by atoms with Crippen LogP contribution in [-0.2, 0) is 4.79 Å². The molecule has 12 heavy (non-hydrogen) atoms. The molecule has 0 aromatic rings. The van der Waals surface area contributed by atoms with E-state index in [0.29, 0.717) is 6.54 Å². The average Bonchev–Trinajstić information content (AvgIpc) is 2.10. The Morgan fingerprint density at radius 3 is 2.75 bits per heavy atom. The molecule has 0 radical (unpaired) electrons. The van der Waals surface area contributed by atoms with Crippen molar-refractivity contribution < 1.29 is 4.79 Å². The Kier molecular flexibility index (Phi) is 6.08. The molecule has 0 aromatic carbocycles. The molecule has 1 amide bonds. The topological polar surface area (TPSA) is 52.9 Å². The number of hydrogen-bond acceptors (Lipinski definition) is 2. The van der Waals surface area contributed by atoms with Gasteiger partial charge in [0.15, 0.2) is 0 Å². The predicted octanol–water partition coefficient (Wildman–Crippen LogP) is 1.45. The van der Waals surface area contributed by atoms with Crippen molar-refractivity contribution in [2.75, 3.05) is 6.54 Å². The first-order valence-corrected chi connectivity index (χ1v) is 4.39. The second-order valence-corrected chi connectivity index (χ2v) is 2.85. The van der Waals surface area contributed by atoms with E-state index in [1.165, 1.54) is 0 Å². The summed E-state index contributed by atoms with van der Waals surface area (Å²) in [5.41, 5.74) is 0. The lowest BCUT2D eigenvalue weighted by atomic mass is 10.2. The quantitative estimate of drug-likeness (QED) is 0.632. The van der Waals surface area contributed by atoms with Crippen LogP contribution >= 0.6 is 0 Å². The van der Waals surface area contributed by atoms with Crippen molar-refractivity contribution in [2.45, 2.75) is 33.1 Å². The van der Waals surface area contributed by atoms with Crippen molar-refractivity contribution in [2.24, 2.45) is 5.92 Å². The van der Waals surface area contributed by atoms with Gasteiger partial charge in [0.2, 0.25) is 5.91 Å². The normalized spacial score (nSPS) is 11.8. The van der Waals surface area contributed by atoms with E-state index in [2.05, 4.69) is 12.2 Å². The molecular formula is C9H16N2O. The zero-order chi connectivity index (χ0) is 9.40. The molecule has 1 unspecified atom stereocenters. The molecule has 3 nitrogen and oxygen atoms in total. The molecule has 0 aliphatic carbocycles. The minimum atomic E-state index is -0.522. The molecule has 3 heteroatoms. The van der Waals surface area contributed by atoms with Crippen LogP contribution in [-0.4, -0.2) is 12.5 Å². The molecule has 1 N–H and O–H groups in total. The van der Waals surface area contributed by atoms with E-state index >= 15 is 0 Å². The van der Waals surface area contributed by atoms with Gasteiger partial charge in [-0.25, -0.2) is 0 Å². The summed E-state index contributed by atoms with van der Waals surface area (Å²) in [6.45, 7) is 4.41. The first-order valence-electron chi connectivity index (χ1n) is 4.39. The van der Waals surface area contributed by atoms with Crippen LogP contribution < -0.4 is 5.32 Å². The van der Waals surface area contributed by atoms with Gasteiger partial charge in [0.05, 0.1) is 6.07 Å². The van der Waals surface area contributed by atoms with Gasteiger partial charge in [0, 0.05) is 6.54 Å². The van der Waals surface area contributed by atoms with Crippen molar-refractivity contribution in [3.8, 4) is 6.07 Å². The molecule has 0 bridgehead atoms. The highest BCUT2D eigenvalue weighted by Gasteiger charge is 2.09. The van der Waals surface area contributed by atoms with Crippen LogP contribution in [0.1, 0.15) is 33.1 Å². The average molecular weight is 168 g/mol. The highest BCUT2D eigenvalue weighted by Crippen LogP contribution is 1.94. The molecule has 0 saturated heterocycles. The number of unbranched alkanes of at least 4 members (excludes halogenated alkanes) is 2. The fraction of sp³-hybridized carbons (Fsp3) is 0.778. The molecule has 0 heterocycles. The lowest BCUT2D eigenvalue weighted by molar-refractivity contribution is -0.122. The molecule has 0 aromatic heterocycles. The monoisotopic (exact) mass is 168 g/mol. The van der Waals surface area contributed by atoms with Gasteiger partial charge in [0.25, 0.3) is 0 Å². The van der Waals surface area contributed by atoms with Crippen LogP contribution in [0.15, 0.2) is 0 Å². The zero-order valence-corrected chi connectivity index (χ0v) is 7.76. The molecular weight excluding hydrogens is 152 g/mol. The molecule has 0 rings (SSSR count). The molecule has 0 spiro atoms. The Morgan fingerprint density at radius 1 is 1.58 bits per heavy atom. The van der Waals surface area contributed by atoms with Crippen LogP contribution in [0.3, 0.4) is 0 Å². The third-order valence-corrected chi connectivity index (χ3v) is 1.67. The molecule has 0 fully saturated rings. The maximum Gasteiger partial charge on any atom is 0.237 e. The molecule has 0 aliphatic heterocycles. The highest BCUT2D eigenvalue weighted by molar-refractivity contribution is 5.80. The van der Waals surface area contributed by atoms with E-state index in [4.69, 9.17) is 5.26 Å². The zero-order valence-electron chi connectivity index (χ0n) is 7.76. The van der Waals surface area contributed by atoms with Crippen molar-refractivity contribution in [1.29, 1.82) is 5.26 Å². The SMILES string of the molecule is CCCCCNC(=O)C(C)C#N. The van der Waals surface area contributed by atoms with Crippen molar-refractivity contribution >= 4 is 5.91 Å². The predicted molar refractivity (Wildman–Crippen MR) is 47.3 cm³/mol. The van der Waals surface area contributed by atoms with Crippen molar-refractivity contribution in [3.05, 3.63) is 0 Å². The molecule has 1 atom stereocenters. The van der Waals surface area contributed by atoms with Crippen molar-refractivity contribution in [3.63, 3.8) is 0 Å². The van der Waals surface area contributed by atoms with E-state index in [-0.39, 0.29) is 5.91 Å². The van der Waals surface area contributed by atoms with Gasteiger partial charge in [-0.3, -0.25) is 4.79 Å². The summed E-state index contributed by atoms with van der Waals surface area (Å²) in [6.07, 6.45) is 3.27. The third-order valence-electron chi connectivity index (χ3n) is 1.67. The maximum absolute atomic E-state index is 11.0. The minimum absolute atomic E-state index is 0.159. The van der Waals surface area contributed by atoms with Gasteiger partial charge in [-0.1, -0.05) is 19.8 Å². The summed E-state index contributed by atoms with van der Waals surface area (Å²) >= 11 is 0. The number of nitriles is 1. The first-order chi connectivity index (χ1) is 5.72. The van der Waals surface area contributed by atoms with E-state index in [9.17, 15) is 4.79 Å². The third kappa shape index (κ3) is 4.73. The van der Waals surface area contributed by atoms with Gasteiger partial charge < -0.3 is 5.32 Å². The second kappa shape index (κ2) is 6.66. The maximum atomic E-state index is 11.0. The van der Waals surface area contributed by atoms with Crippen molar-refractivity contribution in [1.82, 2.24) is 5.32 Å². The second-order valence-electron chi connectivity index (χ2n) is 2.85. The van der Waals surface area contributed by atoms with E-state index < -0.39 is 5.92 Å². The van der Waals surface area contributed by atoms with E-state index in [1.807, 2.05) is 6.07 Å². The van der Waals surface area contributed by atoms with Gasteiger partial charge in [-0.15, -0.1) is 0 Å². The van der Waals surface area contributed by atoms with Crippen LogP contribution in [0.2, 0.25) is 0 Å². The number of carbonyl (C=O) groups is 1. The Morgan fingerprint density at radius 2 is 2.25 bits per heavy atom. The van der Waals surface area contributed by atoms with E-state index in [1.54, 1.807) is 6.92 Å². The van der Waals surface area contributed by atoms with Gasteiger partial charge in [0.1, 0.15) is 5.92 Å². The Bertz CT molecular complexity index is 172. The molecule has 0 aliphatic rings. The van der Waals surface area contributed by atoms with Gasteiger partial charge in [-0.2, -0.15) is 5.26 Å². The number of amides is 1. The first kappa shape index (κ1) is 11.0. The number of nitrogens with zero attached hydrogens (tertiary/aromatic N) is 1. The van der Waals surface area contributed by atoms with Gasteiger partial charge >= 0.3 is 0 Å². The standard InChI is InChI=1S/C9H16N2O/c1-3-4-5-6-11-9(12)8(2)7-10/h8H,3-6H2,1-2H3,(H,11,12). The summed E-state index contributed by atoms with van der Waals surface area (Å²) < 4.78 is 0. The fourth-order valence-corrected chi connectivity index (χ4v) is 0.798. The molecule has 68 valence electrons. The van der Waals surface area contributed by atoms with E-state index in [0.717, 1.165) is 19.3 Å². The largest absolute Gasteiger partial charge is 0.355 e. The van der Waals surface area contributed by atoms with Crippen LogP contribution in [0.4, 0.5) is 0 Å². The number of nitrogens with one attached hydrogen (secondary N) is 1. The Hall–Kier alpha value is -1.04. The van der Waals surface area contributed by atoms with Crippen LogP contribution in [0, 0.1) is 17.2 Å². The fourth-order valence-electron chi connectivity index (χ4n) is 0.798. The Labute approximate surface area is 73.8 Å². The number of rotatable bonds is 5.